The standard InChI is InChI=1S/C25H34FN3O5S/c1-5-27-25(31)19(3)28(18-20-12-7-8-13-21(20)26)24(30)16-11-17-29(35(4,32)33)22-14-9-10-15-23(22)34-6-2/h7-10,12-15,19H,5-6,11,16-18H2,1-4H3,(H,27,31)/t19-/m0/s1. The van der Waals surface area contributed by atoms with Crippen molar-refractivity contribution in [3.63, 3.8) is 0 Å². The maximum atomic E-state index is 14.3. The zero-order valence-corrected chi connectivity index (χ0v) is 21.5. The molecule has 2 rings (SSSR count). The van der Waals surface area contributed by atoms with Crippen LogP contribution in [0.5, 0.6) is 5.75 Å². The van der Waals surface area contributed by atoms with E-state index in [2.05, 4.69) is 5.32 Å². The molecule has 10 heteroatoms. The fraction of sp³-hybridized carbons (Fsp3) is 0.440. The van der Waals surface area contributed by atoms with Crippen molar-refractivity contribution in [3.8, 4) is 5.75 Å². The van der Waals surface area contributed by atoms with E-state index in [4.69, 9.17) is 4.74 Å². The lowest BCUT2D eigenvalue weighted by Gasteiger charge is -2.29. The van der Waals surface area contributed by atoms with Crippen molar-refractivity contribution >= 4 is 27.5 Å². The number of para-hydroxylation sites is 2. The molecule has 1 N–H and O–H groups in total. The maximum Gasteiger partial charge on any atom is 0.242 e. The molecular weight excluding hydrogens is 473 g/mol. The largest absolute Gasteiger partial charge is 0.492 e. The predicted octanol–water partition coefficient (Wildman–Crippen LogP) is 3.32. The molecule has 0 fully saturated rings. The van der Waals surface area contributed by atoms with Crippen molar-refractivity contribution in [2.45, 2.75) is 46.2 Å². The predicted molar refractivity (Wildman–Crippen MR) is 134 cm³/mol. The van der Waals surface area contributed by atoms with Gasteiger partial charge in [-0.3, -0.25) is 13.9 Å². The number of anilines is 1. The second-order valence-corrected chi connectivity index (χ2v) is 9.93. The molecule has 2 aromatic carbocycles. The van der Waals surface area contributed by atoms with Crippen LogP contribution < -0.4 is 14.4 Å². The van der Waals surface area contributed by atoms with E-state index >= 15 is 0 Å². The fourth-order valence-electron chi connectivity index (χ4n) is 3.64. The van der Waals surface area contributed by atoms with Crippen molar-refractivity contribution in [1.29, 1.82) is 0 Å². The van der Waals surface area contributed by atoms with Crippen LogP contribution >= 0.6 is 0 Å². The highest BCUT2D eigenvalue weighted by Crippen LogP contribution is 2.30. The van der Waals surface area contributed by atoms with Gasteiger partial charge in [0.2, 0.25) is 21.8 Å². The van der Waals surface area contributed by atoms with Crippen LogP contribution in [0, 0.1) is 5.82 Å². The Morgan fingerprint density at radius 2 is 1.74 bits per heavy atom. The Balaban J connectivity index is 2.20. The molecule has 2 aromatic rings. The Hall–Kier alpha value is -3.14. The minimum atomic E-state index is -3.65. The van der Waals surface area contributed by atoms with E-state index in [-0.39, 0.29) is 37.7 Å². The van der Waals surface area contributed by atoms with Gasteiger partial charge >= 0.3 is 0 Å². The fourth-order valence-corrected chi connectivity index (χ4v) is 4.61. The normalized spacial score (nSPS) is 12.0. The number of nitrogens with zero attached hydrogens (tertiary/aromatic N) is 2. The highest BCUT2D eigenvalue weighted by molar-refractivity contribution is 7.92. The number of benzene rings is 2. The lowest BCUT2D eigenvalue weighted by Crippen LogP contribution is -2.47. The van der Waals surface area contributed by atoms with Crippen LogP contribution in [0.4, 0.5) is 10.1 Å². The van der Waals surface area contributed by atoms with E-state index in [9.17, 15) is 22.4 Å². The third kappa shape index (κ3) is 7.95. The number of hydrogen-bond acceptors (Lipinski definition) is 5. The molecule has 0 heterocycles. The van der Waals surface area contributed by atoms with E-state index in [0.717, 1.165) is 6.26 Å². The number of likely N-dealkylation sites (N-methyl/N-ethyl adjacent to an activating group) is 1. The summed E-state index contributed by atoms with van der Waals surface area (Å²) >= 11 is 0. The third-order valence-electron chi connectivity index (χ3n) is 5.40. The van der Waals surface area contributed by atoms with Crippen LogP contribution in [0.25, 0.3) is 0 Å². The van der Waals surface area contributed by atoms with E-state index in [0.29, 0.717) is 30.2 Å². The van der Waals surface area contributed by atoms with Gasteiger partial charge in [-0.25, -0.2) is 12.8 Å². The number of rotatable bonds is 13. The van der Waals surface area contributed by atoms with Crippen LogP contribution in [-0.4, -0.2) is 57.1 Å². The highest BCUT2D eigenvalue weighted by atomic mass is 32.2. The molecule has 0 bridgehead atoms. The van der Waals surface area contributed by atoms with Crippen molar-refractivity contribution in [1.82, 2.24) is 10.2 Å². The van der Waals surface area contributed by atoms with E-state index in [1.165, 1.54) is 15.3 Å². The van der Waals surface area contributed by atoms with Crippen LogP contribution in [-0.2, 0) is 26.2 Å². The molecule has 0 spiro atoms. The van der Waals surface area contributed by atoms with Crippen LogP contribution in [0.1, 0.15) is 39.2 Å². The molecular formula is C25H34FN3O5S. The Morgan fingerprint density at radius 3 is 2.37 bits per heavy atom. The quantitative estimate of drug-likeness (QED) is 0.449. The average Bonchev–Trinajstić information content (AvgIpc) is 2.81. The molecule has 1 atom stereocenters. The average molecular weight is 508 g/mol. The summed E-state index contributed by atoms with van der Waals surface area (Å²) in [6.45, 7) is 5.90. The molecule has 8 nitrogen and oxygen atoms in total. The number of amides is 2. The lowest BCUT2D eigenvalue weighted by molar-refractivity contribution is -0.140. The minimum absolute atomic E-state index is 0.0268. The monoisotopic (exact) mass is 507 g/mol. The van der Waals surface area contributed by atoms with Crippen molar-refractivity contribution < 1.29 is 27.1 Å². The van der Waals surface area contributed by atoms with E-state index in [1.54, 1.807) is 63.2 Å². The first-order valence-corrected chi connectivity index (χ1v) is 13.4. The minimum Gasteiger partial charge on any atom is -0.492 e. The second-order valence-electron chi connectivity index (χ2n) is 8.02. The zero-order chi connectivity index (χ0) is 26.0. The summed E-state index contributed by atoms with van der Waals surface area (Å²) in [6, 6.07) is 12.1. The smallest absolute Gasteiger partial charge is 0.242 e. The summed E-state index contributed by atoms with van der Waals surface area (Å²) in [5, 5.41) is 2.69. The number of hydrogen-bond donors (Lipinski definition) is 1. The van der Waals surface area contributed by atoms with E-state index in [1.807, 2.05) is 0 Å². The molecule has 0 aliphatic heterocycles. The van der Waals surface area contributed by atoms with Gasteiger partial charge in [0.05, 0.1) is 18.6 Å². The van der Waals surface area contributed by atoms with Crippen LogP contribution in [0.3, 0.4) is 0 Å². The first kappa shape index (κ1) is 28.1. The number of sulfonamides is 1. The number of carbonyl (C=O) groups excluding carboxylic acids is 2. The SMILES string of the molecule is CCNC(=O)[C@H](C)N(Cc1ccccc1F)C(=O)CCCN(c1ccccc1OCC)S(C)(=O)=O. The van der Waals surface area contributed by atoms with Gasteiger partial charge in [0, 0.05) is 31.6 Å². The second kappa shape index (κ2) is 13.1. The summed E-state index contributed by atoms with van der Waals surface area (Å²) in [5.41, 5.74) is 0.684. The molecule has 0 radical (unpaired) electrons. The Morgan fingerprint density at radius 1 is 1.09 bits per heavy atom. The van der Waals surface area contributed by atoms with Crippen molar-refractivity contribution in [3.05, 3.63) is 59.9 Å². The first-order valence-electron chi connectivity index (χ1n) is 11.6. The number of carbonyl (C=O) groups is 2. The molecule has 0 unspecified atom stereocenters. The van der Waals surface area contributed by atoms with Gasteiger partial charge in [0.25, 0.3) is 0 Å². The summed E-state index contributed by atoms with van der Waals surface area (Å²) in [5.74, 6) is -0.763. The van der Waals surface area contributed by atoms with Gasteiger partial charge in [-0.15, -0.1) is 0 Å². The highest BCUT2D eigenvalue weighted by Gasteiger charge is 2.27. The summed E-state index contributed by atoms with van der Waals surface area (Å²) in [4.78, 5) is 27.0. The molecule has 2 amide bonds. The molecule has 0 saturated heterocycles. The molecule has 0 aliphatic rings. The van der Waals surface area contributed by atoms with Gasteiger partial charge in [-0.1, -0.05) is 30.3 Å². The lowest BCUT2D eigenvalue weighted by atomic mass is 10.1. The van der Waals surface area contributed by atoms with Gasteiger partial charge in [-0.2, -0.15) is 0 Å². The molecule has 0 saturated carbocycles. The Labute approximate surface area is 207 Å². The third-order valence-corrected chi connectivity index (χ3v) is 6.58. The number of halogens is 1. The maximum absolute atomic E-state index is 14.3. The molecule has 35 heavy (non-hydrogen) atoms. The van der Waals surface area contributed by atoms with Crippen LogP contribution in [0.15, 0.2) is 48.5 Å². The first-order chi connectivity index (χ1) is 16.6. The van der Waals surface area contributed by atoms with E-state index < -0.39 is 21.9 Å². The topological polar surface area (TPSA) is 96.0 Å². The molecule has 0 aromatic heterocycles. The number of ether oxygens (including phenoxy) is 1. The van der Waals surface area contributed by atoms with Crippen molar-refractivity contribution in [2.75, 3.05) is 30.3 Å². The number of nitrogens with one attached hydrogen (secondary N) is 1. The summed E-state index contributed by atoms with van der Waals surface area (Å²) < 4.78 is 46.1. The summed E-state index contributed by atoms with van der Waals surface area (Å²) in [6.07, 6.45) is 1.27. The molecule has 0 aliphatic carbocycles. The van der Waals surface area contributed by atoms with Crippen LogP contribution in [0.2, 0.25) is 0 Å². The Bertz CT molecular complexity index is 1110. The summed E-state index contributed by atoms with van der Waals surface area (Å²) in [7, 11) is -3.65. The van der Waals surface area contributed by atoms with Gasteiger partial charge in [-0.05, 0) is 45.4 Å². The van der Waals surface area contributed by atoms with Gasteiger partial charge < -0.3 is 15.0 Å². The molecule has 192 valence electrons. The van der Waals surface area contributed by atoms with Gasteiger partial charge in [0.1, 0.15) is 17.6 Å². The van der Waals surface area contributed by atoms with Gasteiger partial charge in [0.15, 0.2) is 0 Å². The van der Waals surface area contributed by atoms with Crippen molar-refractivity contribution in [2.24, 2.45) is 0 Å². The zero-order valence-electron chi connectivity index (χ0n) is 20.7. The Kier molecular flexibility index (Phi) is 10.5.